The number of carbonyl (C=O) groups excluding carboxylic acids is 1. The van der Waals surface area contributed by atoms with E-state index in [1.165, 1.54) is 24.3 Å². The number of nitrogens with zero attached hydrogens (tertiary/aromatic N) is 2. The van der Waals surface area contributed by atoms with Gasteiger partial charge in [0, 0.05) is 17.6 Å². The third-order valence-corrected chi connectivity index (χ3v) is 5.81. The van der Waals surface area contributed by atoms with E-state index < -0.39 is 16.0 Å². The lowest BCUT2D eigenvalue weighted by molar-refractivity contribution is 0.0468. The maximum Gasteiger partial charge on any atom is 0.338 e. The van der Waals surface area contributed by atoms with E-state index in [-0.39, 0.29) is 23.1 Å². The third kappa shape index (κ3) is 4.73. The van der Waals surface area contributed by atoms with Crippen LogP contribution >= 0.6 is 23.1 Å². The first kappa shape index (κ1) is 18.8. The second-order valence-electron chi connectivity index (χ2n) is 5.02. The molecule has 7 nitrogen and oxygen atoms in total. The Balaban J connectivity index is 2.03. The summed E-state index contributed by atoms with van der Waals surface area (Å²) in [7, 11) is -3.60. The quantitative estimate of drug-likeness (QED) is 0.731. The van der Waals surface area contributed by atoms with Crippen molar-refractivity contribution in [1.29, 1.82) is 0 Å². The number of aromatic nitrogens is 2. The second-order valence-corrected chi connectivity index (χ2v) is 8.09. The zero-order chi connectivity index (χ0) is 17.7. The van der Waals surface area contributed by atoms with Crippen LogP contribution in [0.15, 0.2) is 29.2 Å². The molecule has 24 heavy (non-hydrogen) atoms. The molecular weight excluding hydrogens is 374 g/mol. The summed E-state index contributed by atoms with van der Waals surface area (Å²) in [6.45, 7) is 3.57. The molecule has 1 aromatic heterocycles. The molecule has 0 fully saturated rings. The van der Waals surface area contributed by atoms with E-state index in [1.54, 1.807) is 6.92 Å². The van der Waals surface area contributed by atoms with Gasteiger partial charge in [-0.25, -0.2) is 17.9 Å². The van der Waals surface area contributed by atoms with Crippen LogP contribution < -0.4 is 4.72 Å². The van der Waals surface area contributed by atoms with Crippen LogP contribution in [0.1, 0.15) is 36.3 Å². The Kier molecular flexibility index (Phi) is 6.27. The van der Waals surface area contributed by atoms with Gasteiger partial charge in [0.1, 0.15) is 16.6 Å². The minimum absolute atomic E-state index is 0.0890. The van der Waals surface area contributed by atoms with Gasteiger partial charge in [0.2, 0.25) is 10.0 Å². The average Bonchev–Trinajstić information content (AvgIpc) is 2.97. The van der Waals surface area contributed by atoms with E-state index in [1.807, 2.05) is 6.92 Å². The first-order valence-corrected chi connectivity index (χ1v) is 9.73. The van der Waals surface area contributed by atoms with E-state index in [9.17, 15) is 13.2 Å². The van der Waals surface area contributed by atoms with Gasteiger partial charge >= 0.3 is 5.97 Å². The normalized spacial score (nSPS) is 12.8. The van der Waals surface area contributed by atoms with E-state index in [4.69, 9.17) is 16.3 Å². The van der Waals surface area contributed by atoms with Crippen molar-refractivity contribution in [2.45, 2.75) is 37.8 Å². The van der Waals surface area contributed by atoms with Crippen LogP contribution in [0.4, 0.5) is 0 Å². The van der Waals surface area contributed by atoms with Crippen molar-refractivity contribution in [3.63, 3.8) is 0 Å². The lowest BCUT2D eigenvalue weighted by Crippen LogP contribution is -2.32. The fourth-order valence-corrected chi connectivity index (χ4v) is 3.61. The predicted molar refractivity (Wildman–Crippen MR) is 90.6 cm³/mol. The standard InChI is InChI=1S/C14H16ClN3O4S2/c1-3-9(2)17-24(20,21)11-6-4-10(5-7-11)14(19)22-8-12-13(15)23-18-16-12/h4-7,9,17H,3,8H2,1-2H3. The minimum atomic E-state index is -3.60. The molecule has 0 spiro atoms. The van der Waals surface area contributed by atoms with Gasteiger partial charge in [0.15, 0.2) is 0 Å². The molecule has 2 rings (SSSR count). The van der Waals surface area contributed by atoms with Crippen LogP contribution in [0.5, 0.6) is 0 Å². The number of nitrogens with one attached hydrogen (secondary N) is 1. The molecule has 0 saturated heterocycles. The van der Waals surface area contributed by atoms with Gasteiger partial charge in [-0.05, 0) is 37.6 Å². The van der Waals surface area contributed by atoms with Gasteiger partial charge in [0.05, 0.1) is 10.5 Å². The Morgan fingerprint density at radius 2 is 2.04 bits per heavy atom. The van der Waals surface area contributed by atoms with Crippen molar-refractivity contribution >= 4 is 39.1 Å². The molecule has 0 aliphatic rings. The van der Waals surface area contributed by atoms with Crippen molar-refractivity contribution in [3.05, 3.63) is 39.9 Å². The first-order valence-electron chi connectivity index (χ1n) is 7.09. The Morgan fingerprint density at radius 3 is 2.58 bits per heavy atom. The smallest absolute Gasteiger partial charge is 0.338 e. The molecule has 1 N–H and O–H groups in total. The highest BCUT2D eigenvalue weighted by atomic mass is 35.5. The minimum Gasteiger partial charge on any atom is -0.455 e. The van der Waals surface area contributed by atoms with E-state index in [0.29, 0.717) is 16.5 Å². The predicted octanol–water partition coefficient (Wildman–Crippen LogP) is 2.63. The maximum absolute atomic E-state index is 12.1. The van der Waals surface area contributed by atoms with E-state index in [0.717, 1.165) is 11.5 Å². The number of hydrogen-bond donors (Lipinski definition) is 1. The van der Waals surface area contributed by atoms with Crippen molar-refractivity contribution in [3.8, 4) is 0 Å². The molecule has 0 saturated carbocycles. The monoisotopic (exact) mass is 389 g/mol. The molecule has 10 heteroatoms. The second kappa shape index (κ2) is 8.02. The summed E-state index contributed by atoms with van der Waals surface area (Å²) in [6, 6.07) is 5.34. The van der Waals surface area contributed by atoms with Gasteiger partial charge in [-0.3, -0.25) is 0 Å². The number of ether oxygens (including phenoxy) is 1. The summed E-state index contributed by atoms with van der Waals surface area (Å²) >= 11 is 6.82. The summed E-state index contributed by atoms with van der Waals surface area (Å²) < 4.78 is 35.9. The van der Waals surface area contributed by atoms with Gasteiger partial charge in [0.25, 0.3) is 0 Å². The van der Waals surface area contributed by atoms with Crippen molar-refractivity contribution in [2.75, 3.05) is 0 Å². The van der Waals surface area contributed by atoms with Crippen molar-refractivity contribution < 1.29 is 17.9 Å². The van der Waals surface area contributed by atoms with Gasteiger partial charge in [-0.15, -0.1) is 5.10 Å². The molecule has 1 unspecified atom stereocenters. The molecule has 1 atom stereocenters. The maximum atomic E-state index is 12.1. The first-order chi connectivity index (χ1) is 11.3. The number of halogens is 1. The lowest BCUT2D eigenvalue weighted by Gasteiger charge is -2.12. The molecule has 0 aliphatic carbocycles. The van der Waals surface area contributed by atoms with Crippen LogP contribution in [-0.4, -0.2) is 30.0 Å². The Labute approximate surface area is 149 Å². The van der Waals surface area contributed by atoms with Gasteiger partial charge in [-0.2, -0.15) is 0 Å². The number of carbonyl (C=O) groups is 1. The van der Waals surface area contributed by atoms with Crippen LogP contribution in [0.25, 0.3) is 0 Å². The number of benzene rings is 1. The van der Waals surface area contributed by atoms with Crippen molar-refractivity contribution in [1.82, 2.24) is 14.3 Å². The largest absolute Gasteiger partial charge is 0.455 e. The Hall–Kier alpha value is -1.55. The molecule has 1 aromatic carbocycles. The fourth-order valence-electron chi connectivity index (χ4n) is 1.69. The molecule has 2 aromatic rings. The zero-order valence-corrected chi connectivity index (χ0v) is 15.4. The molecule has 130 valence electrons. The summed E-state index contributed by atoms with van der Waals surface area (Å²) in [4.78, 5) is 12.1. The van der Waals surface area contributed by atoms with Crippen LogP contribution in [-0.2, 0) is 21.4 Å². The number of sulfonamides is 1. The topological polar surface area (TPSA) is 98.2 Å². The summed E-state index contributed by atoms with van der Waals surface area (Å²) in [5.41, 5.74) is 0.615. The Morgan fingerprint density at radius 1 is 1.38 bits per heavy atom. The van der Waals surface area contributed by atoms with Crippen LogP contribution in [0.3, 0.4) is 0 Å². The summed E-state index contributed by atoms with van der Waals surface area (Å²) in [5.74, 6) is -0.599. The third-order valence-electron chi connectivity index (χ3n) is 3.22. The number of esters is 1. The summed E-state index contributed by atoms with van der Waals surface area (Å²) in [6.07, 6.45) is 0.678. The lowest BCUT2D eigenvalue weighted by atomic mass is 10.2. The van der Waals surface area contributed by atoms with Crippen LogP contribution in [0.2, 0.25) is 4.34 Å². The molecule has 0 amide bonds. The van der Waals surface area contributed by atoms with Gasteiger partial charge < -0.3 is 4.74 Å². The number of hydrogen-bond acceptors (Lipinski definition) is 7. The number of rotatable bonds is 7. The van der Waals surface area contributed by atoms with E-state index in [2.05, 4.69) is 14.3 Å². The molecule has 0 radical (unpaired) electrons. The van der Waals surface area contributed by atoms with Crippen molar-refractivity contribution in [2.24, 2.45) is 0 Å². The average molecular weight is 390 g/mol. The van der Waals surface area contributed by atoms with E-state index >= 15 is 0 Å². The SMILES string of the molecule is CCC(C)NS(=O)(=O)c1ccc(C(=O)OCc2nnsc2Cl)cc1. The summed E-state index contributed by atoms with van der Waals surface area (Å²) in [5, 5.41) is 3.74. The van der Waals surface area contributed by atoms with Crippen LogP contribution in [0, 0.1) is 0 Å². The molecule has 1 heterocycles. The molecule has 0 aliphatic heterocycles. The zero-order valence-electron chi connectivity index (χ0n) is 13.0. The fraction of sp³-hybridized carbons (Fsp3) is 0.357. The highest BCUT2D eigenvalue weighted by Crippen LogP contribution is 2.19. The highest BCUT2D eigenvalue weighted by Gasteiger charge is 2.18. The molecule has 0 bridgehead atoms. The van der Waals surface area contributed by atoms with Gasteiger partial charge in [-0.1, -0.05) is 23.0 Å². The highest BCUT2D eigenvalue weighted by molar-refractivity contribution is 7.89. The molecular formula is C14H16ClN3O4S2. The Bertz CT molecular complexity index is 806.